The van der Waals surface area contributed by atoms with Crippen molar-refractivity contribution < 1.29 is 38.0 Å². The van der Waals surface area contributed by atoms with Gasteiger partial charge in [0.05, 0.1) is 24.4 Å². The number of allylic oxidation sites excluding steroid dienone is 2. The van der Waals surface area contributed by atoms with Gasteiger partial charge in [-0.25, -0.2) is 9.59 Å². The lowest BCUT2D eigenvalue weighted by Crippen LogP contribution is -2.36. The van der Waals surface area contributed by atoms with Gasteiger partial charge in [-0.2, -0.15) is 0 Å². The third-order valence-electron chi connectivity index (χ3n) is 7.69. The number of rotatable bonds is 13. The lowest BCUT2D eigenvalue weighted by molar-refractivity contribution is -0.171. The minimum Gasteiger partial charge on any atom is -0.453 e. The summed E-state index contributed by atoms with van der Waals surface area (Å²) in [5, 5.41) is 0. The topological polar surface area (TPSA) is 89.5 Å². The van der Waals surface area contributed by atoms with E-state index < -0.39 is 36.4 Å². The number of carbonyl (C=O) groups excluding carboxylic acids is 2. The third kappa shape index (κ3) is 7.95. The Labute approximate surface area is 248 Å². The maximum atomic E-state index is 13.1. The summed E-state index contributed by atoms with van der Waals surface area (Å²) in [5.74, 6) is -0.922. The van der Waals surface area contributed by atoms with Gasteiger partial charge >= 0.3 is 11.9 Å². The Morgan fingerprint density at radius 2 is 1.05 bits per heavy atom. The fourth-order valence-corrected chi connectivity index (χ4v) is 5.65. The summed E-state index contributed by atoms with van der Waals surface area (Å²) in [6.45, 7) is 3.77. The molecule has 0 radical (unpaired) electrons. The summed E-state index contributed by atoms with van der Waals surface area (Å²) in [7, 11) is 2.99. The normalized spacial score (nSPS) is 25.3. The van der Waals surface area contributed by atoms with Gasteiger partial charge in [0.1, 0.15) is 12.2 Å². The standard InChI is InChI=1S/C34H42O8/c1-5-13-25(41-33(35)31(37-3)23-15-9-7-10-16-23)27-19-21-29(39-27)30-22-20-28(40-30)26(14-6-2)42-34(36)32(38-4)24-17-11-8-12-18-24/h5-18,25-32H,19-22H2,1-4H3/b13-5+,14-6+/t25-,26-,27+,28+,29+,30+,31-,32-/m0/s1. The van der Waals surface area contributed by atoms with E-state index in [0.717, 1.165) is 36.8 Å². The molecule has 2 heterocycles. The third-order valence-corrected chi connectivity index (χ3v) is 7.69. The van der Waals surface area contributed by atoms with Crippen LogP contribution in [-0.4, -0.2) is 62.8 Å². The quantitative estimate of drug-likeness (QED) is 0.217. The van der Waals surface area contributed by atoms with E-state index in [0.29, 0.717) is 0 Å². The zero-order chi connectivity index (χ0) is 29.9. The first kappa shape index (κ1) is 31.6. The molecule has 0 N–H and O–H groups in total. The van der Waals surface area contributed by atoms with Crippen molar-refractivity contribution in [2.75, 3.05) is 14.2 Å². The van der Waals surface area contributed by atoms with Gasteiger partial charge in [0.15, 0.2) is 12.2 Å². The lowest BCUT2D eigenvalue weighted by Gasteiger charge is -2.27. The molecule has 0 bridgehead atoms. The molecule has 0 aliphatic carbocycles. The molecule has 2 aliphatic heterocycles. The highest BCUT2D eigenvalue weighted by atomic mass is 16.6. The van der Waals surface area contributed by atoms with Crippen molar-refractivity contribution in [2.24, 2.45) is 0 Å². The Hall–Kier alpha value is -3.30. The molecule has 0 saturated carbocycles. The molecule has 2 aromatic rings. The van der Waals surface area contributed by atoms with Crippen LogP contribution in [0.1, 0.15) is 62.9 Å². The smallest absolute Gasteiger partial charge is 0.340 e. The van der Waals surface area contributed by atoms with Gasteiger partial charge in [-0.3, -0.25) is 0 Å². The van der Waals surface area contributed by atoms with E-state index in [1.807, 2.05) is 98.8 Å². The van der Waals surface area contributed by atoms with Crippen molar-refractivity contribution in [1.82, 2.24) is 0 Å². The van der Waals surface area contributed by atoms with Gasteiger partial charge < -0.3 is 28.4 Å². The number of benzene rings is 2. The minimum absolute atomic E-state index is 0.156. The molecular formula is C34H42O8. The van der Waals surface area contributed by atoms with Crippen molar-refractivity contribution in [1.29, 1.82) is 0 Å². The average Bonchev–Trinajstić information content (AvgIpc) is 3.69. The van der Waals surface area contributed by atoms with Crippen LogP contribution in [0.4, 0.5) is 0 Å². The zero-order valence-corrected chi connectivity index (χ0v) is 24.8. The molecule has 2 aliphatic rings. The molecule has 0 amide bonds. The van der Waals surface area contributed by atoms with Gasteiger partial charge in [0.25, 0.3) is 0 Å². The highest BCUT2D eigenvalue weighted by molar-refractivity contribution is 5.77. The van der Waals surface area contributed by atoms with E-state index in [9.17, 15) is 9.59 Å². The van der Waals surface area contributed by atoms with E-state index in [1.54, 1.807) is 0 Å². The Balaban J connectivity index is 1.35. The van der Waals surface area contributed by atoms with Crippen molar-refractivity contribution >= 4 is 11.9 Å². The molecule has 8 nitrogen and oxygen atoms in total. The van der Waals surface area contributed by atoms with E-state index >= 15 is 0 Å². The Morgan fingerprint density at radius 3 is 1.38 bits per heavy atom. The van der Waals surface area contributed by atoms with Crippen molar-refractivity contribution in [3.63, 3.8) is 0 Å². The highest BCUT2D eigenvalue weighted by Crippen LogP contribution is 2.35. The molecule has 42 heavy (non-hydrogen) atoms. The van der Waals surface area contributed by atoms with Gasteiger partial charge in [0.2, 0.25) is 0 Å². The van der Waals surface area contributed by atoms with Crippen LogP contribution < -0.4 is 0 Å². The minimum atomic E-state index is -0.819. The highest BCUT2D eigenvalue weighted by Gasteiger charge is 2.43. The maximum absolute atomic E-state index is 13.1. The second-order valence-electron chi connectivity index (χ2n) is 10.5. The second kappa shape index (κ2) is 15.8. The van der Waals surface area contributed by atoms with Crippen LogP contribution in [0.25, 0.3) is 0 Å². The first-order chi connectivity index (χ1) is 20.5. The first-order valence-corrected chi connectivity index (χ1v) is 14.6. The Kier molecular flexibility index (Phi) is 11.9. The Bertz CT molecular complexity index is 1090. The van der Waals surface area contributed by atoms with Crippen LogP contribution in [0, 0.1) is 0 Å². The lowest BCUT2D eigenvalue weighted by atomic mass is 10.0. The fourth-order valence-electron chi connectivity index (χ4n) is 5.65. The van der Waals surface area contributed by atoms with Gasteiger partial charge in [0, 0.05) is 14.2 Å². The van der Waals surface area contributed by atoms with Gasteiger partial charge in [-0.1, -0.05) is 72.8 Å². The molecule has 0 aromatic heterocycles. The number of hydrogen-bond acceptors (Lipinski definition) is 8. The summed E-state index contributed by atoms with van der Waals surface area (Å²) in [4.78, 5) is 26.1. The van der Waals surface area contributed by atoms with Gasteiger partial charge in [-0.05, 0) is 62.8 Å². The predicted molar refractivity (Wildman–Crippen MR) is 158 cm³/mol. The molecule has 4 rings (SSSR count). The summed E-state index contributed by atoms with van der Waals surface area (Å²) < 4.78 is 35.6. The molecule has 226 valence electrons. The summed E-state index contributed by atoms with van der Waals surface area (Å²) in [6, 6.07) is 18.6. The summed E-state index contributed by atoms with van der Waals surface area (Å²) in [6.07, 6.45) is 6.76. The SMILES string of the molecule is C/C=C/[C@H](OC(=O)[C@@H](OC)c1ccccc1)[C@H]1CC[C@H]([C@H]2CC[C@H]([C@H](/C=C/C)OC(=O)[C@@H](OC)c3ccccc3)O2)O1. The summed E-state index contributed by atoms with van der Waals surface area (Å²) in [5.41, 5.74) is 1.47. The van der Waals surface area contributed by atoms with Gasteiger partial charge in [-0.15, -0.1) is 0 Å². The van der Waals surface area contributed by atoms with E-state index in [1.165, 1.54) is 14.2 Å². The molecular weight excluding hydrogens is 536 g/mol. The van der Waals surface area contributed by atoms with Crippen LogP contribution in [-0.2, 0) is 38.0 Å². The Morgan fingerprint density at radius 1 is 0.667 bits per heavy atom. The number of carbonyl (C=O) groups is 2. The van der Waals surface area contributed by atoms with Crippen LogP contribution in [0.2, 0.25) is 0 Å². The number of methoxy groups -OCH3 is 2. The van der Waals surface area contributed by atoms with Crippen molar-refractivity contribution in [3.8, 4) is 0 Å². The van der Waals surface area contributed by atoms with Crippen LogP contribution in [0.5, 0.6) is 0 Å². The molecule has 2 aromatic carbocycles. The van der Waals surface area contributed by atoms with E-state index in [-0.39, 0.29) is 24.4 Å². The molecule has 0 spiro atoms. The van der Waals surface area contributed by atoms with Crippen LogP contribution in [0.3, 0.4) is 0 Å². The first-order valence-electron chi connectivity index (χ1n) is 14.6. The average molecular weight is 579 g/mol. The monoisotopic (exact) mass is 578 g/mol. The number of ether oxygens (including phenoxy) is 6. The predicted octanol–water partition coefficient (Wildman–Crippen LogP) is 5.83. The van der Waals surface area contributed by atoms with Crippen LogP contribution >= 0.6 is 0 Å². The number of esters is 2. The summed E-state index contributed by atoms with van der Waals surface area (Å²) >= 11 is 0. The van der Waals surface area contributed by atoms with E-state index in [4.69, 9.17) is 28.4 Å². The molecule has 0 unspecified atom stereocenters. The molecule has 8 heteroatoms. The fraction of sp³-hybridized carbons (Fsp3) is 0.471. The second-order valence-corrected chi connectivity index (χ2v) is 10.5. The number of hydrogen-bond donors (Lipinski definition) is 0. The van der Waals surface area contributed by atoms with Crippen molar-refractivity contribution in [2.45, 2.75) is 88.4 Å². The van der Waals surface area contributed by atoms with Crippen LogP contribution in [0.15, 0.2) is 85.0 Å². The molecule has 2 fully saturated rings. The molecule has 8 atom stereocenters. The van der Waals surface area contributed by atoms with E-state index in [2.05, 4.69) is 0 Å². The van der Waals surface area contributed by atoms with Crippen molar-refractivity contribution in [3.05, 3.63) is 96.1 Å². The maximum Gasteiger partial charge on any atom is 0.340 e. The molecule has 2 saturated heterocycles. The zero-order valence-electron chi connectivity index (χ0n) is 24.8. The largest absolute Gasteiger partial charge is 0.453 e.